The van der Waals surface area contributed by atoms with Crippen LogP contribution in [0.3, 0.4) is 0 Å². The van der Waals surface area contributed by atoms with E-state index in [0.29, 0.717) is 0 Å². The fraction of sp³-hybridized carbons (Fsp3) is 0.438. The van der Waals surface area contributed by atoms with Crippen LogP contribution in [0.5, 0.6) is 0 Å². The molecule has 0 spiro atoms. The van der Waals surface area contributed by atoms with E-state index >= 15 is 0 Å². The maximum Gasteiger partial charge on any atom is 0.323 e. The summed E-state index contributed by atoms with van der Waals surface area (Å²) in [7, 11) is 1.44. The average molecular weight is 259 g/mol. The Labute approximate surface area is 114 Å². The van der Waals surface area contributed by atoms with Crippen LogP contribution in [-0.2, 0) is 9.53 Å². The lowest BCUT2D eigenvalue weighted by molar-refractivity contribution is -0.143. The molecule has 0 unspecified atom stereocenters. The number of ether oxygens (including phenoxy) is 1. The topological polar surface area (TPSA) is 38.3 Å². The molecule has 1 aliphatic heterocycles. The molecule has 1 aromatic rings. The number of hydrogen-bond acceptors (Lipinski definition) is 3. The summed E-state index contributed by atoms with van der Waals surface area (Å²) in [6, 6.07) is 10.1. The predicted molar refractivity (Wildman–Crippen MR) is 76.0 cm³/mol. The van der Waals surface area contributed by atoms with Gasteiger partial charge in [0.1, 0.15) is 6.04 Å². The normalized spacial score (nSPS) is 25.9. The highest BCUT2D eigenvalue weighted by Crippen LogP contribution is 2.32. The Kier molecular flexibility index (Phi) is 4.38. The summed E-state index contributed by atoms with van der Waals surface area (Å²) in [6.45, 7) is 4.15. The van der Waals surface area contributed by atoms with Gasteiger partial charge < -0.3 is 4.74 Å². The first-order valence-electron chi connectivity index (χ1n) is 6.65. The zero-order valence-electron chi connectivity index (χ0n) is 11.7. The van der Waals surface area contributed by atoms with Crippen molar-refractivity contribution in [3.63, 3.8) is 0 Å². The molecule has 1 aliphatic rings. The third-order valence-corrected chi connectivity index (χ3v) is 3.52. The molecule has 3 heteroatoms. The molecule has 1 aromatic carbocycles. The summed E-state index contributed by atoms with van der Waals surface area (Å²) in [6.07, 6.45) is 3.10. The van der Waals surface area contributed by atoms with Crippen LogP contribution >= 0.6 is 0 Å². The van der Waals surface area contributed by atoms with Gasteiger partial charge in [0, 0.05) is 12.0 Å². The molecular weight excluding hydrogens is 238 g/mol. The highest BCUT2D eigenvalue weighted by Gasteiger charge is 2.38. The third-order valence-electron chi connectivity index (χ3n) is 3.52. The Morgan fingerprint density at radius 2 is 2.00 bits per heavy atom. The second kappa shape index (κ2) is 6.02. The Morgan fingerprint density at radius 3 is 2.58 bits per heavy atom. The van der Waals surface area contributed by atoms with Crippen molar-refractivity contribution in [2.24, 2.45) is 0 Å². The molecule has 0 aliphatic carbocycles. The van der Waals surface area contributed by atoms with Gasteiger partial charge in [-0.15, -0.1) is 0 Å². The summed E-state index contributed by atoms with van der Waals surface area (Å²) >= 11 is 0. The van der Waals surface area contributed by atoms with Crippen molar-refractivity contribution in [1.29, 1.82) is 0 Å². The fourth-order valence-corrected chi connectivity index (χ4v) is 2.73. The lowest BCUT2D eigenvalue weighted by Gasteiger charge is -2.17. The van der Waals surface area contributed by atoms with Crippen LogP contribution in [0.25, 0.3) is 0 Å². The van der Waals surface area contributed by atoms with Gasteiger partial charge in [-0.25, -0.2) is 0 Å². The van der Waals surface area contributed by atoms with Crippen LogP contribution in [0.15, 0.2) is 42.0 Å². The first-order chi connectivity index (χ1) is 9.11. The van der Waals surface area contributed by atoms with Gasteiger partial charge in [0.05, 0.1) is 7.11 Å². The second-order valence-corrected chi connectivity index (χ2v) is 5.27. The molecule has 0 saturated carbocycles. The SMILES string of the molecule is COC(=O)[C@H]1N[C@H](C=C(C)C)C[C@@H]1c1ccccc1. The van der Waals surface area contributed by atoms with Crippen LogP contribution in [0.1, 0.15) is 31.7 Å². The van der Waals surface area contributed by atoms with Crippen molar-refractivity contribution < 1.29 is 9.53 Å². The van der Waals surface area contributed by atoms with Gasteiger partial charge in [0.15, 0.2) is 0 Å². The number of esters is 1. The number of carbonyl (C=O) groups is 1. The van der Waals surface area contributed by atoms with Crippen LogP contribution in [-0.4, -0.2) is 25.2 Å². The van der Waals surface area contributed by atoms with Gasteiger partial charge in [-0.3, -0.25) is 10.1 Å². The second-order valence-electron chi connectivity index (χ2n) is 5.27. The van der Waals surface area contributed by atoms with Crippen LogP contribution in [0.2, 0.25) is 0 Å². The molecular formula is C16H21NO2. The van der Waals surface area contributed by atoms with Gasteiger partial charge in [0.25, 0.3) is 0 Å². The largest absolute Gasteiger partial charge is 0.468 e. The minimum atomic E-state index is -0.256. The maximum atomic E-state index is 11.9. The summed E-state index contributed by atoms with van der Waals surface area (Å²) in [5.41, 5.74) is 2.45. The maximum absolute atomic E-state index is 11.9. The van der Waals surface area contributed by atoms with Crippen LogP contribution in [0, 0.1) is 0 Å². The number of nitrogens with one attached hydrogen (secondary N) is 1. The minimum Gasteiger partial charge on any atom is -0.468 e. The molecule has 1 fully saturated rings. The summed E-state index contributed by atoms with van der Waals surface area (Å²) in [4.78, 5) is 11.9. The number of rotatable bonds is 3. The Balaban J connectivity index is 2.24. The van der Waals surface area contributed by atoms with Crippen molar-refractivity contribution in [3.05, 3.63) is 47.5 Å². The highest BCUT2D eigenvalue weighted by molar-refractivity contribution is 5.77. The Bertz CT molecular complexity index is 463. The van der Waals surface area contributed by atoms with E-state index in [1.165, 1.54) is 18.2 Å². The van der Waals surface area contributed by atoms with Gasteiger partial charge >= 0.3 is 5.97 Å². The zero-order chi connectivity index (χ0) is 13.8. The van der Waals surface area contributed by atoms with Gasteiger partial charge in [-0.1, -0.05) is 42.0 Å². The Hall–Kier alpha value is -1.61. The van der Waals surface area contributed by atoms with Crippen molar-refractivity contribution in [2.75, 3.05) is 7.11 Å². The molecule has 3 atom stereocenters. The first-order valence-corrected chi connectivity index (χ1v) is 6.65. The van der Waals surface area contributed by atoms with E-state index in [9.17, 15) is 4.79 Å². The first kappa shape index (κ1) is 13.8. The van der Waals surface area contributed by atoms with Crippen molar-refractivity contribution in [3.8, 4) is 0 Å². The monoisotopic (exact) mass is 259 g/mol. The summed E-state index contributed by atoms with van der Waals surface area (Å²) in [5.74, 6) is -0.00670. The number of methoxy groups -OCH3 is 1. The van der Waals surface area contributed by atoms with Crippen molar-refractivity contribution in [1.82, 2.24) is 5.32 Å². The quantitative estimate of drug-likeness (QED) is 0.670. The van der Waals surface area contributed by atoms with Crippen molar-refractivity contribution >= 4 is 5.97 Å². The van der Waals surface area contributed by atoms with Crippen LogP contribution in [0.4, 0.5) is 0 Å². The van der Waals surface area contributed by atoms with E-state index in [4.69, 9.17) is 4.74 Å². The molecule has 0 radical (unpaired) electrons. The lowest BCUT2D eigenvalue weighted by Crippen LogP contribution is -2.38. The molecule has 0 amide bonds. The standard InChI is InChI=1S/C16H21NO2/c1-11(2)9-13-10-14(12-7-5-4-6-8-12)15(17-13)16(18)19-3/h4-9,13-15,17H,10H2,1-3H3/t13-,14-,15+/m1/s1. The highest BCUT2D eigenvalue weighted by atomic mass is 16.5. The number of hydrogen-bond donors (Lipinski definition) is 1. The summed E-state index contributed by atoms with van der Waals surface area (Å²) < 4.78 is 4.92. The molecule has 0 bridgehead atoms. The number of carbonyl (C=O) groups excluding carboxylic acids is 1. The predicted octanol–water partition coefficient (Wildman–Crippen LogP) is 2.64. The molecule has 3 nitrogen and oxygen atoms in total. The molecule has 0 aromatic heterocycles. The van der Waals surface area contributed by atoms with Crippen molar-refractivity contribution in [2.45, 2.75) is 38.3 Å². The zero-order valence-corrected chi connectivity index (χ0v) is 11.7. The van der Waals surface area contributed by atoms with Gasteiger partial charge in [-0.2, -0.15) is 0 Å². The van der Waals surface area contributed by atoms with Gasteiger partial charge in [-0.05, 0) is 25.8 Å². The molecule has 1 N–H and O–H groups in total. The van der Waals surface area contributed by atoms with E-state index in [0.717, 1.165) is 6.42 Å². The van der Waals surface area contributed by atoms with E-state index < -0.39 is 0 Å². The van der Waals surface area contributed by atoms with Crippen LogP contribution < -0.4 is 5.32 Å². The van der Waals surface area contributed by atoms with E-state index in [-0.39, 0.29) is 24.0 Å². The van der Waals surface area contributed by atoms with E-state index in [1.54, 1.807) is 0 Å². The molecule has 19 heavy (non-hydrogen) atoms. The number of allylic oxidation sites excluding steroid dienone is 1. The fourth-order valence-electron chi connectivity index (χ4n) is 2.73. The van der Waals surface area contributed by atoms with E-state index in [1.807, 2.05) is 18.2 Å². The Morgan fingerprint density at radius 1 is 1.32 bits per heavy atom. The average Bonchev–Trinajstić information content (AvgIpc) is 2.82. The summed E-state index contributed by atoms with van der Waals surface area (Å²) in [5, 5.41) is 3.37. The lowest BCUT2D eigenvalue weighted by atomic mass is 9.90. The van der Waals surface area contributed by atoms with E-state index in [2.05, 4.69) is 37.4 Å². The third kappa shape index (κ3) is 3.24. The minimum absolute atomic E-state index is 0.175. The number of benzene rings is 1. The smallest absolute Gasteiger partial charge is 0.323 e. The molecule has 1 heterocycles. The molecule has 102 valence electrons. The molecule has 1 saturated heterocycles. The molecule has 2 rings (SSSR count). The van der Waals surface area contributed by atoms with Gasteiger partial charge in [0.2, 0.25) is 0 Å².